The number of carbonyl (C=O) groups excluding carboxylic acids is 2. The van der Waals surface area contributed by atoms with Crippen LogP contribution in [0.2, 0.25) is 0 Å². The number of urea groups is 1. The van der Waals surface area contributed by atoms with Gasteiger partial charge >= 0.3 is 6.03 Å². The van der Waals surface area contributed by atoms with Crippen molar-refractivity contribution in [3.05, 3.63) is 47.8 Å². The molecule has 2 heterocycles. The number of anilines is 1. The van der Waals surface area contributed by atoms with Gasteiger partial charge < -0.3 is 11.1 Å². The maximum Gasteiger partial charge on any atom is 0.329 e. The van der Waals surface area contributed by atoms with E-state index in [0.29, 0.717) is 17.8 Å². The molecule has 1 unspecified atom stereocenters. The molecule has 3 N–H and O–H groups in total. The summed E-state index contributed by atoms with van der Waals surface area (Å²) in [6.45, 7) is 0.351. The van der Waals surface area contributed by atoms with Crippen molar-refractivity contribution in [1.29, 1.82) is 0 Å². The number of benzene rings is 1. The van der Waals surface area contributed by atoms with E-state index < -0.39 is 12.1 Å². The predicted octanol–water partition coefficient (Wildman–Crippen LogP) is 0.676. The number of nitrogens with one attached hydrogen (secondary N) is 1. The van der Waals surface area contributed by atoms with Crippen molar-refractivity contribution in [2.24, 2.45) is 12.8 Å². The van der Waals surface area contributed by atoms with Crippen LogP contribution >= 0.6 is 0 Å². The highest BCUT2D eigenvalue weighted by molar-refractivity contribution is 6.21. The molecule has 0 spiro atoms. The maximum absolute atomic E-state index is 12.5. The number of aryl methyl sites for hydroxylation is 1. The molecule has 108 valence electrons. The first-order chi connectivity index (χ1) is 10.1. The van der Waals surface area contributed by atoms with Crippen molar-refractivity contribution in [2.75, 3.05) is 4.90 Å². The zero-order valence-corrected chi connectivity index (χ0v) is 11.5. The summed E-state index contributed by atoms with van der Waals surface area (Å²) in [5, 5.41) is 6.70. The van der Waals surface area contributed by atoms with Gasteiger partial charge in [0.05, 0.1) is 11.9 Å². The van der Waals surface area contributed by atoms with E-state index in [9.17, 15) is 9.59 Å². The van der Waals surface area contributed by atoms with Crippen LogP contribution in [0.1, 0.15) is 17.2 Å². The molecule has 1 atom stereocenters. The predicted molar refractivity (Wildman–Crippen MR) is 76.3 cm³/mol. The highest BCUT2D eigenvalue weighted by Crippen LogP contribution is 2.27. The Morgan fingerprint density at radius 2 is 2.19 bits per heavy atom. The van der Waals surface area contributed by atoms with Crippen LogP contribution in [0.5, 0.6) is 0 Å². The van der Waals surface area contributed by atoms with Crippen molar-refractivity contribution in [2.45, 2.75) is 12.6 Å². The average Bonchev–Trinajstić information content (AvgIpc) is 3.02. The third-order valence-electron chi connectivity index (χ3n) is 3.40. The minimum Gasteiger partial charge on any atom is -0.326 e. The Hall–Kier alpha value is -2.67. The average molecular weight is 285 g/mol. The molecule has 1 aliphatic heterocycles. The number of imide groups is 1. The quantitative estimate of drug-likeness (QED) is 0.811. The molecule has 0 saturated carbocycles. The Morgan fingerprint density at radius 3 is 2.86 bits per heavy atom. The van der Waals surface area contributed by atoms with E-state index in [-0.39, 0.29) is 5.91 Å². The lowest BCUT2D eigenvalue weighted by atomic mass is 10.1. The SMILES string of the molecule is Cn1cc(C2NC(=O)N(c3cccc(CN)c3)C2=O)cn1. The molecule has 3 rings (SSSR count). The van der Waals surface area contributed by atoms with Gasteiger partial charge in [0.2, 0.25) is 0 Å². The third-order valence-corrected chi connectivity index (χ3v) is 3.40. The molecule has 1 aromatic heterocycles. The fourth-order valence-electron chi connectivity index (χ4n) is 2.36. The Kier molecular flexibility index (Phi) is 3.19. The number of aromatic nitrogens is 2. The van der Waals surface area contributed by atoms with Crippen LogP contribution in [0.4, 0.5) is 10.5 Å². The van der Waals surface area contributed by atoms with Gasteiger partial charge in [0.25, 0.3) is 5.91 Å². The van der Waals surface area contributed by atoms with E-state index in [1.165, 1.54) is 0 Å². The number of hydrogen-bond acceptors (Lipinski definition) is 4. The topological polar surface area (TPSA) is 93.3 Å². The van der Waals surface area contributed by atoms with Crippen molar-refractivity contribution >= 4 is 17.6 Å². The number of carbonyl (C=O) groups is 2. The summed E-state index contributed by atoms with van der Waals surface area (Å²) in [4.78, 5) is 25.7. The Balaban J connectivity index is 1.93. The van der Waals surface area contributed by atoms with Crippen LogP contribution in [-0.4, -0.2) is 21.7 Å². The molecular weight excluding hydrogens is 270 g/mol. The lowest BCUT2D eigenvalue weighted by Gasteiger charge is -2.13. The first-order valence-corrected chi connectivity index (χ1v) is 6.52. The van der Waals surface area contributed by atoms with E-state index in [0.717, 1.165) is 10.5 Å². The summed E-state index contributed by atoms with van der Waals surface area (Å²) in [5.41, 5.74) is 7.63. The van der Waals surface area contributed by atoms with E-state index in [1.807, 2.05) is 6.07 Å². The second-order valence-corrected chi connectivity index (χ2v) is 4.88. The summed E-state index contributed by atoms with van der Waals surface area (Å²) < 4.78 is 1.59. The van der Waals surface area contributed by atoms with Crippen molar-refractivity contribution < 1.29 is 9.59 Å². The Bertz CT molecular complexity index is 709. The number of nitrogens with two attached hydrogens (primary N) is 1. The third kappa shape index (κ3) is 2.27. The zero-order valence-electron chi connectivity index (χ0n) is 11.5. The van der Waals surface area contributed by atoms with Crippen LogP contribution < -0.4 is 16.0 Å². The highest BCUT2D eigenvalue weighted by atomic mass is 16.2. The molecule has 1 aromatic carbocycles. The molecule has 2 aromatic rings. The number of rotatable bonds is 3. The van der Waals surface area contributed by atoms with Crippen LogP contribution in [0.3, 0.4) is 0 Å². The van der Waals surface area contributed by atoms with Crippen LogP contribution in [0.25, 0.3) is 0 Å². The molecule has 7 heteroatoms. The molecule has 1 fully saturated rings. The molecule has 0 bridgehead atoms. The van der Waals surface area contributed by atoms with E-state index in [4.69, 9.17) is 5.73 Å². The van der Waals surface area contributed by atoms with Crippen molar-refractivity contribution in [3.63, 3.8) is 0 Å². The van der Waals surface area contributed by atoms with E-state index >= 15 is 0 Å². The van der Waals surface area contributed by atoms with Crippen molar-refractivity contribution in [3.8, 4) is 0 Å². The molecular formula is C14H15N5O2. The zero-order chi connectivity index (χ0) is 15.0. The normalized spacial score (nSPS) is 18.2. The smallest absolute Gasteiger partial charge is 0.326 e. The first-order valence-electron chi connectivity index (χ1n) is 6.52. The Labute approximate surface area is 121 Å². The van der Waals surface area contributed by atoms with Gasteiger partial charge in [-0.15, -0.1) is 0 Å². The van der Waals surface area contributed by atoms with Gasteiger partial charge in [-0.2, -0.15) is 5.10 Å². The molecule has 0 radical (unpaired) electrons. The number of nitrogens with zero attached hydrogens (tertiary/aromatic N) is 3. The maximum atomic E-state index is 12.5. The number of hydrogen-bond donors (Lipinski definition) is 2. The monoisotopic (exact) mass is 285 g/mol. The van der Waals surface area contributed by atoms with Gasteiger partial charge in [-0.05, 0) is 17.7 Å². The largest absolute Gasteiger partial charge is 0.329 e. The standard InChI is InChI=1S/C14H15N5O2/c1-18-8-10(7-16-18)12-13(20)19(14(21)17-12)11-4-2-3-9(5-11)6-15/h2-5,7-8,12H,6,15H2,1H3,(H,17,21). The van der Waals surface area contributed by atoms with Gasteiger partial charge in [0.15, 0.2) is 0 Å². The highest BCUT2D eigenvalue weighted by Gasteiger charge is 2.40. The van der Waals surface area contributed by atoms with Gasteiger partial charge in [-0.1, -0.05) is 12.1 Å². The molecule has 3 amide bonds. The van der Waals surface area contributed by atoms with Gasteiger partial charge in [0, 0.05) is 25.4 Å². The first kappa shape index (κ1) is 13.3. The van der Waals surface area contributed by atoms with E-state index in [2.05, 4.69) is 10.4 Å². The second kappa shape index (κ2) is 5.02. The summed E-state index contributed by atoms with van der Waals surface area (Å²) >= 11 is 0. The van der Waals surface area contributed by atoms with Crippen LogP contribution in [0, 0.1) is 0 Å². The van der Waals surface area contributed by atoms with Gasteiger partial charge in [-0.3, -0.25) is 9.48 Å². The summed E-state index contributed by atoms with van der Waals surface area (Å²) in [7, 11) is 1.76. The second-order valence-electron chi connectivity index (χ2n) is 4.88. The fraction of sp³-hybridized carbons (Fsp3) is 0.214. The van der Waals surface area contributed by atoms with Gasteiger partial charge in [-0.25, -0.2) is 9.69 Å². The molecule has 1 saturated heterocycles. The minimum atomic E-state index is -0.701. The summed E-state index contributed by atoms with van der Waals surface area (Å²) in [6.07, 6.45) is 3.28. The summed E-state index contributed by atoms with van der Waals surface area (Å²) in [5.74, 6) is -0.317. The lowest BCUT2D eigenvalue weighted by Crippen LogP contribution is -2.30. The fourth-order valence-corrected chi connectivity index (χ4v) is 2.36. The van der Waals surface area contributed by atoms with Crippen LogP contribution in [-0.2, 0) is 18.4 Å². The molecule has 1 aliphatic rings. The Morgan fingerprint density at radius 1 is 1.38 bits per heavy atom. The van der Waals surface area contributed by atoms with Crippen LogP contribution in [0.15, 0.2) is 36.7 Å². The minimum absolute atomic E-state index is 0.317. The summed E-state index contributed by atoms with van der Waals surface area (Å²) in [6, 6.07) is 5.93. The number of amides is 3. The molecule has 21 heavy (non-hydrogen) atoms. The van der Waals surface area contributed by atoms with E-state index in [1.54, 1.807) is 42.3 Å². The van der Waals surface area contributed by atoms with Crippen molar-refractivity contribution in [1.82, 2.24) is 15.1 Å². The van der Waals surface area contributed by atoms with Gasteiger partial charge in [0.1, 0.15) is 6.04 Å². The molecule has 0 aliphatic carbocycles. The molecule has 7 nitrogen and oxygen atoms in total. The lowest BCUT2D eigenvalue weighted by molar-refractivity contribution is -0.118.